The molecule has 0 amide bonds. The van der Waals surface area contributed by atoms with E-state index in [1.165, 1.54) is 12.1 Å². The molecule has 0 atom stereocenters. The van der Waals surface area contributed by atoms with Crippen LogP contribution in [-0.4, -0.2) is 32.1 Å². The van der Waals surface area contributed by atoms with Crippen molar-refractivity contribution in [2.24, 2.45) is 0 Å². The number of hydrogen-bond acceptors (Lipinski definition) is 4. The zero-order valence-corrected chi connectivity index (χ0v) is 12.0. The first-order chi connectivity index (χ1) is 10.0. The maximum atomic E-state index is 13.0. The van der Waals surface area contributed by atoms with Gasteiger partial charge in [0, 0.05) is 44.6 Å². The predicted molar refractivity (Wildman–Crippen MR) is 78.6 cm³/mol. The molecule has 21 heavy (non-hydrogen) atoms. The van der Waals surface area contributed by atoms with Gasteiger partial charge in [-0.15, -0.1) is 0 Å². The van der Waals surface area contributed by atoms with E-state index in [2.05, 4.69) is 0 Å². The number of anilines is 1. The van der Waals surface area contributed by atoms with Gasteiger partial charge in [0.2, 0.25) is 0 Å². The van der Waals surface area contributed by atoms with Crippen LogP contribution in [0.15, 0.2) is 47.2 Å². The van der Waals surface area contributed by atoms with Crippen molar-refractivity contribution < 1.29 is 4.39 Å². The minimum absolute atomic E-state index is 0.132. The maximum absolute atomic E-state index is 13.0. The van der Waals surface area contributed by atoms with Crippen LogP contribution in [0.4, 0.5) is 10.1 Å². The summed E-state index contributed by atoms with van der Waals surface area (Å²) in [5.41, 5.74) is 2.67. The van der Waals surface area contributed by atoms with Crippen molar-refractivity contribution in [3.8, 4) is 12.1 Å². The van der Waals surface area contributed by atoms with Gasteiger partial charge in [-0.1, -0.05) is 0 Å². The number of rotatable bonds is 2. The Morgan fingerprint density at radius 1 is 1.19 bits per heavy atom. The fourth-order valence-corrected chi connectivity index (χ4v) is 2.31. The van der Waals surface area contributed by atoms with E-state index in [1.54, 1.807) is 12.1 Å². The van der Waals surface area contributed by atoms with Gasteiger partial charge in [-0.05, 0) is 29.8 Å². The van der Waals surface area contributed by atoms with E-state index < -0.39 is 0 Å². The lowest BCUT2D eigenvalue weighted by Crippen LogP contribution is -2.18. The van der Waals surface area contributed by atoms with Crippen LogP contribution in [-0.2, 0) is 0 Å². The lowest BCUT2D eigenvalue weighted by molar-refractivity contribution is 0.559. The van der Waals surface area contributed by atoms with Crippen LogP contribution in [0.3, 0.4) is 0 Å². The summed E-state index contributed by atoms with van der Waals surface area (Å²) in [6.45, 7) is 1.06. The normalized spacial score (nSPS) is 15.8. The summed E-state index contributed by atoms with van der Waals surface area (Å²) in [7, 11) is 3.78. The average Bonchev–Trinajstić information content (AvgIpc) is 2.84. The molecule has 1 aromatic carbocycles. The summed E-state index contributed by atoms with van der Waals surface area (Å²) >= 11 is 0. The smallest absolute Gasteiger partial charge is 0.135 e. The highest BCUT2D eigenvalue weighted by atomic mass is 19.1. The first-order valence-electron chi connectivity index (χ1n) is 6.46. The van der Waals surface area contributed by atoms with Gasteiger partial charge >= 0.3 is 0 Å². The molecule has 0 spiro atoms. The number of hydrogen-bond donors (Lipinski definition) is 0. The third-order valence-electron chi connectivity index (χ3n) is 3.23. The zero-order chi connectivity index (χ0) is 15.4. The second-order valence-corrected chi connectivity index (χ2v) is 5.03. The van der Waals surface area contributed by atoms with Crippen LogP contribution in [0, 0.1) is 28.5 Å². The van der Waals surface area contributed by atoms with Gasteiger partial charge in [-0.3, -0.25) is 0 Å². The molecule has 1 heterocycles. The van der Waals surface area contributed by atoms with Gasteiger partial charge in [-0.2, -0.15) is 10.5 Å². The van der Waals surface area contributed by atoms with E-state index in [0.29, 0.717) is 13.1 Å². The van der Waals surface area contributed by atoms with Crippen LogP contribution in [0.1, 0.15) is 0 Å². The molecule has 0 aliphatic carbocycles. The molecular formula is C16H15FN4. The van der Waals surface area contributed by atoms with Crippen LogP contribution in [0.2, 0.25) is 0 Å². The first-order valence-corrected chi connectivity index (χ1v) is 6.46. The molecule has 0 radical (unpaired) electrons. The highest BCUT2D eigenvalue weighted by Crippen LogP contribution is 2.29. The molecule has 1 aliphatic rings. The van der Waals surface area contributed by atoms with Crippen molar-refractivity contribution in [2.75, 3.05) is 32.1 Å². The second kappa shape index (κ2) is 6.11. The summed E-state index contributed by atoms with van der Waals surface area (Å²) in [6, 6.07) is 10.1. The number of nitrogens with zero attached hydrogens (tertiary/aromatic N) is 4. The molecule has 1 aromatic rings. The maximum Gasteiger partial charge on any atom is 0.135 e. The molecule has 4 nitrogen and oxygen atoms in total. The van der Waals surface area contributed by atoms with Crippen LogP contribution < -0.4 is 4.90 Å². The molecule has 0 N–H and O–H groups in total. The molecule has 1 fully saturated rings. The van der Waals surface area contributed by atoms with Crippen molar-refractivity contribution in [3.63, 3.8) is 0 Å². The molecule has 0 saturated carbocycles. The van der Waals surface area contributed by atoms with Gasteiger partial charge in [0.15, 0.2) is 0 Å². The Balaban J connectivity index is 2.40. The van der Waals surface area contributed by atoms with E-state index in [4.69, 9.17) is 10.5 Å². The Bertz CT molecular complexity index is 656. The van der Waals surface area contributed by atoms with Gasteiger partial charge < -0.3 is 9.80 Å². The summed E-state index contributed by atoms with van der Waals surface area (Å²) in [4.78, 5) is 3.90. The summed E-state index contributed by atoms with van der Waals surface area (Å²) in [6.07, 6.45) is 1.91. The minimum atomic E-state index is -0.285. The predicted octanol–water partition coefficient (Wildman–Crippen LogP) is 2.43. The fraction of sp³-hybridized carbons (Fsp3) is 0.250. The molecule has 2 rings (SSSR count). The Labute approximate surface area is 123 Å². The van der Waals surface area contributed by atoms with Crippen molar-refractivity contribution in [1.82, 2.24) is 4.90 Å². The summed E-state index contributed by atoms with van der Waals surface area (Å²) < 4.78 is 13.0. The van der Waals surface area contributed by atoms with E-state index >= 15 is 0 Å². The topological polar surface area (TPSA) is 54.1 Å². The summed E-state index contributed by atoms with van der Waals surface area (Å²) in [5, 5.41) is 18.2. The number of nitriles is 2. The lowest BCUT2D eigenvalue weighted by Gasteiger charge is -2.16. The van der Waals surface area contributed by atoms with Gasteiger partial charge in [0.25, 0.3) is 0 Å². The number of halogens is 1. The van der Waals surface area contributed by atoms with Crippen LogP contribution in [0.25, 0.3) is 0 Å². The van der Waals surface area contributed by atoms with E-state index in [-0.39, 0.29) is 11.4 Å². The number of benzene rings is 1. The Kier molecular flexibility index (Phi) is 4.25. The van der Waals surface area contributed by atoms with Gasteiger partial charge in [-0.25, -0.2) is 4.39 Å². The monoisotopic (exact) mass is 282 g/mol. The first kappa shape index (κ1) is 14.6. The molecule has 1 aliphatic heterocycles. The summed E-state index contributed by atoms with van der Waals surface area (Å²) in [5.74, 6) is -0.285. The second-order valence-electron chi connectivity index (χ2n) is 5.03. The molecule has 106 valence electrons. The Hall–Kier alpha value is -2.79. The van der Waals surface area contributed by atoms with Crippen LogP contribution >= 0.6 is 0 Å². The molecule has 5 heteroatoms. The lowest BCUT2D eigenvalue weighted by atomic mass is 10.1. The van der Waals surface area contributed by atoms with Crippen molar-refractivity contribution in [2.45, 2.75) is 0 Å². The number of allylic oxidation sites excluding steroid dienone is 1. The molecule has 0 unspecified atom stereocenters. The molecule has 0 bridgehead atoms. The highest BCUT2D eigenvalue weighted by molar-refractivity contribution is 5.61. The van der Waals surface area contributed by atoms with Gasteiger partial charge in [0.1, 0.15) is 23.5 Å². The van der Waals surface area contributed by atoms with E-state index in [0.717, 1.165) is 16.8 Å². The van der Waals surface area contributed by atoms with Crippen molar-refractivity contribution in [3.05, 3.63) is 53.0 Å². The average molecular weight is 282 g/mol. The third-order valence-corrected chi connectivity index (χ3v) is 3.23. The highest BCUT2D eigenvalue weighted by Gasteiger charge is 2.25. The zero-order valence-electron chi connectivity index (χ0n) is 12.0. The minimum Gasteiger partial charge on any atom is -0.383 e. The third kappa shape index (κ3) is 3.21. The Morgan fingerprint density at radius 2 is 1.81 bits per heavy atom. The van der Waals surface area contributed by atoms with E-state index in [1.807, 2.05) is 42.2 Å². The molecule has 1 saturated heterocycles. The van der Waals surface area contributed by atoms with E-state index in [9.17, 15) is 4.39 Å². The Morgan fingerprint density at radius 3 is 2.33 bits per heavy atom. The quantitative estimate of drug-likeness (QED) is 0.782. The standard InChI is InChI=1S/C16H15FN4/c1-20(2)9-13-10-21(11-16(13)12(7-18)8-19)15-5-3-14(17)4-6-15/h3-6,9H,10-11H2,1-2H3. The van der Waals surface area contributed by atoms with Crippen molar-refractivity contribution in [1.29, 1.82) is 10.5 Å². The largest absolute Gasteiger partial charge is 0.383 e. The van der Waals surface area contributed by atoms with Gasteiger partial charge in [0.05, 0.1) is 0 Å². The van der Waals surface area contributed by atoms with Crippen molar-refractivity contribution >= 4 is 5.69 Å². The molecule has 0 aromatic heterocycles. The molecular weight excluding hydrogens is 267 g/mol. The fourth-order valence-electron chi connectivity index (χ4n) is 2.31. The van der Waals surface area contributed by atoms with Crippen LogP contribution in [0.5, 0.6) is 0 Å². The SMILES string of the molecule is CN(C)C=C1CN(c2ccc(F)cc2)CC1=C(C#N)C#N.